The van der Waals surface area contributed by atoms with Crippen LogP contribution in [0.25, 0.3) is 0 Å². The molecule has 0 aliphatic carbocycles. The quantitative estimate of drug-likeness (QED) is 0.763. The molecule has 0 spiro atoms. The summed E-state index contributed by atoms with van der Waals surface area (Å²) in [5.41, 5.74) is 6.21. The highest BCUT2D eigenvalue weighted by atomic mass is 79.9. The number of hydrogen-bond donors (Lipinski definition) is 3. The summed E-state index contributed by atoms with van der Waals surface area (Å²) >= 11 is 3.16. The summed E-state index contributed by atoms with van der Waals surface area (Å²) < 4.78 is 5.54. The number of benzene rings is 1. The van der Waals surface area contributed by atoms with Gasteiger partial charge in [0.2, 0.25) is 0 Å². The third-order valence-electron chi connectivity index (χ3n) is 1.91. The van der Waals surface area contributed by atoms with E-state index >= 15 is 0 Å². The Kier molecular flexibility index (Phi) is 3.74. The summed E-state index contributed by atoms with van der Waals surface area (Å²) in [6, 6.07) is 2.80. The molecule has 1 aromatic carbocycles. The Labute approximate surface area is 90.4 Å². The van der Waals surface area contributed by atoms with Crippen molar-refractivity contribution in [2.24, 2.45) is 5.73 Å². The van der Waals surface area contributed by atoms with Crippen LogP contribution in [0.1, 0.15) is 11.6 Å². The van der Waals surface area contributed by atoms with E-state index in [1.807, 2.05) is 0 Å². The van der Waals surface area contributed by atoms with E-state index in [9.17, 15) is 5.11 Å². The van der Waals surface area contributed by atoms with Crippen LogP contribution in [0, 0.1) is 0 Å². The zero-order chi connectivity index (χ0) is 10.7. The number of aliphatic hydroxyl groups excluding tert-OH is 1. The van der Waals surface area contributed by atoms with Gasteiger partial charge in [-0.05, 0) is 22.0 Å². The lowest BCUT2D eigenvalue weighted by molar-refractivity contribution is 0.263. The number of halogens is 1. The highest BCUT2D eigenvalue weighted by Crippen LogP contribution is 2.38. The number of nitrogens with two attached hydrogens (primary N) is 1. The van der Waals surface area contributed by atoms with Crippen LogP contribution in [0.4, 0.5) is 0 Å². The smallest absolute Gasteiger partial charge is 0.172 e. The van der Waals surface area contributed by atoms with Crippen LogP contribution in [0.5, 0.6) is 11.5 Å². The molecule has 0 fully saturated rings. The van der Waals surface area contributed by atoms with E-state index in [4.69, 9.17) is 15.6 Å². The van der Waals surface area contributed by atoms with E-state index in [1.165, 1.54) is 7.11 Å². The second kappa shape index (κ2) is 4.63. The van der Waals surface area contributed by atoms with Gasteiger partial charge in [-0.1, -0.05) is 6.07 Å². The van der Waals surface area contributed by atoms with E-state index in [1.54, 1.807) is 12.1 Å². The van der Waals surface area contributed by atoms with Gasteiger partial charge in [0.25, 0.3) is 0 Å². The van der Waals surface area contributed by atoms with Crippen LogP contribution in [-0.4, -0.2) is 23.9 Å². The zero-order valence-electron chi connectivity index (χ0n) is 7.70. The van der Waals surface area contributed by atoms with Crippen molar-refractivity contribution < 1.29 is 14.9 Å². The van der Waals surface area contributed by atoms with Gasteiger partial charge < -0.3 is 20.7 Å². The molecule has 0 saturated carbocycles. The lowest BCUT2D eigenvalue weighted by atomic mass is 10.1. The molecule has 0 saturated heterocycles. The molecule has 5 heteroatoms. The SMILES string of the molecule is COc1c(C(N)CO)ccc(Br)c1O. The Morgan fingerprint density at radius 2 is 2.21 bits per heavy atom. The maximum Gasteiger partial charge on any atom is 0.172 e. The summed E-state index contributed by atoms with van der Waals surface area (Å²) in [6.45, 7) is -0.197. The molecule has 14 heavy (non-hydrogen) atoms. The molecule has 4 nitrogen and oxygen atoms in total. The van der Waals surface area contributed by atoms with Crippen molar-refractivity contribution >= 4 is 15.9 Å². The van der Waals surface area contributed by atoms with Crippen molar-refractivity contribution in [2.45, 2.75) is 6.04 Å². The van der Waals surface area contributed by atoms with Gasteiger partial charge in [-0.25, -0.2) is 0 Å². The molecular formula is C9H12BrNO3. The first-order valence-corrected chi connectivity index (χ1v) is 4.83. The summed E-state index contributed by atoms with van der Waals surface area (Å²) in [5.74, 6) is 0.287. The molecule has 1 atom stereocenters. The molecular weight excluding hydrogens is 250 g/mol. The van der Waals surface area contributed by atoms with Gasteiger partial charge in [0.15, 0.2) is 11.5 Å². The van der Waals surface area contributed by atoms with Gasteiger partial charge >= 0.3 is 0 Å². The Morgan fingerprint density at radius 3 is 2.71 bits per heavy atom. The van der Waals surface area contributed by atoms with Gasteiger partial charge in [0.1, 0.15) is 0 Å². The predicted octanol–water partition coefficient (Wildman–Crippen LogP) is 1.16. The Balaban J connectivity index is 3.23. The van der Waals surface area contributed by atoms with Gasteiger partial charge in [-0.15, -0.1) is 0 Å². The lowest BCUT2D eigenvalue weighted by Gasteiger charge is -2.15. The Morgan fingerprint density at radius 1 is 1.57 bits per heavy atom. The number of phenolic OH excluding ortho intramolecular Hbond substituents is 1. The Hall–Kier alpha value is -0.780. The van der Waals surface area contributed by atoms with Gasteiger partial charge in [-0.3, -0.25) is 0 Å². The maximum absolute atomic E-state index is 9.61. The molecule has 0 aliphatic heterocycles. The van der Waals surface area contributed by atoms with E-state index in [0.29, 0.717) is 15.8 Å². The molecule has 4 N–H and O–H groups in total. The fourth-order valence-corrected chi connectivity index (χ4v) is 1.48. The summed E-state index contributed by atoms with van der Waals surface area (Å²) in [7, 11) is 1.44. The van der Waals surface area contributed by atoms with Crippen LogP contribution in [0.3, 0.4) is 0 Å². The van der Waals surface area contributed by atoms with Crippen molar-refractivity contribution in [3.63, 3.8) is 0 Å². The fourth-order valence-electron chi connectivity index (χ4n) is 1.17. The number of phenols is 1. The first-order valence-electron chi connectivity index (χ1n) is 4.03. The van der Waals surface area contributed by atoms with Crippen molar-refractivity contribution in [3.8, 4) is 11.5 Å². The third kappa shape index (κ3) is 2.00. The number of rotatable bonds is 3. The van der Waals surface area contributed by atoms with Crippen LogP contribution in [-0.2, 0) is 0 Å². The van der Waals surface area contributed by atoms with Crippen molar-refractivity contribution in [3.05, 3.63) is 22.2 Å². The zero-order valence-corrected chi connectivity index (χ0v) is 9.28. The molecule has 0 amide bonds. The van der Waals surface area contributed by atoms with E-state index in [2.05, 4.69) is 15.9 Å². The highest BCUT2D eigenvalue weighted by molar-refractivity contribution is 9.10. The maximum atomic E-state index is 9.61. The monoisotopic (exact) mass is 261 g/mol. The molecule has 0 radical (unpaired) electrons. The topological polar surface area (TPSA) is 75.7 Å². The Bertz CT molecular complexity index is 330. The molecule has 0 bridgehead atoms. The third-order valence-corrected chi connectivity index (χ3v) is 2.55. The van der Waals surface area contributed by atoms with Gasteiger partial charge in [0.05, 0.1) is 24.2 Å². The first kappa shape index (κ1) is 11.3. The second-order valence-electron chi connectivity index (χ2n) is 2.81. The van der Waals surface area contributed by atoms with Crippen molar-refractivity contribution in [1.29, 1.82) is 0 Å². The van der Waals surface area contributed by atoms with E-state index in [0.717, 1.165) is 0 Å². The van der Waals surface area contributed by atoms with Crippen LogP contribution in [0.2, 0.25) is 0 Å². The first-order chi connectivity index (χ1) is 6.61. The number of aromatic hydroxyl groups is 1. The minimum absolute atomic E-state index is 0.00565. The minimum Gasteiger partial charge on any atom is -0.503 e. The molecule has 1 rings (SSSR count). The van der Waals surface area contributed by atoms with Crippen molar-refractivity contribution in [2.75, 3.05) is 13.7 Å². The van der Waals surface area contributed by atoms with Gasteiger partial charge in [-0.2, -0.15) is 0 Å². The largest absolute Gasteiger partial charge is 0.503 e. The van der Waals surface area contributed by atoms with Crippen LogP contribution >= 0.6 is 15.9 Å². The molecule has 0 aromatic heterocycles. The number of aliphatic hydroxyl groups is 1. The van der Waals surface area contributed by atoms with E-state index in [-0.39, 0.29) is 12.4 Å². The average Bonchev–Trinajstić information content (AvgIpc) is 2.20. The van der Waals surface area contributed by atoms with E-state index < -0.39 is 6.04 Å². The fraction of sp³-hybridized carbons (Fsp3) is 0.333. The standard InChI is InChI=1S/C9H12BrNO3/c1-14-9-5(7(11)4-12)2-3-6(10)8(9)13/h2-3,7,12-13H,4,11H2,1H3. The molecule has 0 heterocycles. The molecule has 1 aromatic rings. The number of methoxy groups -OCH3 is 1. The average molecular weight is 262 g/mol. The highest BCUT2D eigenvalue weighted by Gasteiger charge is 2.16. The number of ether oxygens (including phenoxy) is 1. The number of hydrogen-bond acceptors (Lipinski definition) is 4. The predicted molar refractivity (Wildman–Crippen MR) is 56.4 cm³/mol. The second-order valence-corrected chi connectivity index (χ2v) is 3.66. The van der Waals surface area contributed by atoms with Crippen LogP contribution < -0.4 is 10.5 Å². The van der Waals surface area contributed by atoms with Crippen LogP contribution in [0.15, 0.2) is 16.6 Å². The summed E-state index contributed by atoms with van der Waals surface area (Å²) in [6.07, 6.45) is 0. The molecule has 1 unspecified atom stereocenters. The van der Waals surface area contributed by atoms with Crippen molar-refractivity contribution in [1.82, 2.24) is 0 Å². The molecule has 0 aliphatic rings. The summed E-state index contributed by atoms with van der Waals surface area (Å²) in [4.78, 5) is 0. The lowest BCUT2D eigenvalue weighted by Crippen LogP contribution is -2.15. The molecule has 78 valence electrons. The normalized spacial score (nSPS) is 12.6. The van der Waals surface area contributed by atoms with Gasteiger partial charge in [0, 0.05) is 5.56 Å². The summed E-state index contributed by atoms with van der Waals surface area (Å²) in [5, 5.41) is 18.5. The minimum atomic E-state index is -0.552.